The van der Waals surface area contributed by atoms with Crippen LogP contribution in [0.1, 0.15) is 21.6 Å². The van der Waals surface area contributed by atoms with Gasteiger partial charge in [0.05, 0.1) is 22.0 Å². The van der Waals surface area contributed by atoms with Gasteiger partial charge in [-0.15, -0.1) is 11.3 Å². The van der Waals surface area contributed by atoms with Gasteiger partial charge >= 0.3 is 6.18 Å². The molecule has 4 rings (SSSR count). The highest BCUT2D eigenvalue weighted by Crippen LogP contribution is 2.39. The Bertz CT molecular complexity index is 1290. The van der Waals surface area contributed by atoms with Gasteiger partial charge in [-0.3, -0.25) is 0 Å². The second kappa shape index (κ2) is 8.16. The van der Waals surface area contributed by atoms with Crippen LogP contribution in [0.25, 0.3) is 5.57 Å². The zero-order valence-corrected chi connectivity index (χ0v) is 18.6. The zero-order valence-electron chi connectivity index (χ0n) is 15.4. The highest BCUT2D eigenvalue weighted by molar-refractivity contribution is 9.10. The summed E-state index contributed by atoms with van der Waals surface area (Å²) in [5.74, 6) is -0.191. The van der Waals surface area contributed by atoms with Crippen LogP contribution < -0.4 is 10.6 Å². The standard InChI is InChI=1S/C20H13BrF3N3OS2/c1-29-19-26-18(28)17(30-19)14(10-3-5-16-12(6-10)9-25-27-16)7-11-2-4-13(21)8-15(11)20(22,23)24/h2-6,8-9,28H,7H2,1H3. The Kier molecular flexibility index (Phi) is 5.73. The Morgan fingerprint density at radius 2 is 2.00 bits per heavy atom. The van der Waals surface area contributed by atoms with E-state index < -0.39 is 11.7 Å². The van der Waals surface area contributed by atoms with Gasteiger partial charge in [-0.1, -0.05) is 39.8 Å². The van der Waals surface area contributed by atoms with E-state index in [0.29, 0.717) is 29.8 Å². The van der Waals surface area contributed by atoms with Crippen LogP contribution in [-0.4, -0.2) is 22.6 Å². The lowest BCUT2D eigenvalue weighted by molar-refractivity contribution is -0.138. The average molecular weight is 512 g/mol. The number of alkyl halides is 3. The van der Waals surface area contributed by atoms with Crippen LogP contribution in [-0.2, 0) is 12.6 Å². The van der Waals surface area contributed by atoms with Crippen molar-refractivity contribution >= 4 is 50.8 Å². The molecule has 10 heteroatoms. The maximum absolute atomic E-state index is 13.7. The first-order chi connectivity index (χ1) is 14.3. The highest BCUT2D eigenvalue weighted by Gasteiger charge is 2.34. The van der Waals surface area contributed by atoms with Gasteiger partial charge in [0.25, 0.3) is 0 Å². The molecule has 1 aliphatic heterocycles. The number of thiazole rings is 1. The number of hydrogen-bond donors (Lipinski definition) is 1. The molecule has 0 spiro atoms. The molecular formula is C20H13BrF3N3OS2. The monoisotopic (exact) mass is 511 g/mol. The molecule has 0 atom stereocenters. The second-order valence-corrected chi connectivity index (χ2v) is 9.38. The molecule has 3 aromatic rings. The van der Waals surface area contributed by atoms with Crippen LogP contribution in [0, 0.1) is 0 Å². The lowest BCUT2D eigenvalue weighted by Crippen LogP contribution is -2.17. The number of thioether (sulfide) groups is 1. The smallest absolute Gasteiger partial charge is 0.416 e. The van der Waals surface area contributed by atoms with Crippen molar-refractivity contribution in [1.82, 2.24) is 4.98 Å². The van der Waals surface area contributed by atoms with Crippen molar-refractivity contribution in [3.05, 3.63) is 73.0 Å². The molecule has 1 aliphatic rings. The van der Waals surface area contributed by atoms with Crippen molar-refractivity contribution in [2.75, 3.05) is 6.26 Å². The van der Waals surface area contributed by atoms with Crippen molar-refractivity contribution < 1.29 is 18.3 Å². The molecule has 0 amide bonds. The van der Waals surface area contributed by atoms with Crippen LogP contribution in [0.5, 0.6) is 5.88 Å². The maximum atomic E-state index is 13.7. The van der Waals surface area contributed by atoms with E-state index in [4.69, 9.17) is 0 Å². The summed E-state index contributed by atoms with van der Waals surface area (Å²) in [5, 5.41) is 19.7. The van der Waals surface area contributed by atoms with Gasteiger partial charge < -0.3 is 5.11 Å². The summed E-state index contributed by atoms with van der Waals surface area (Å²) in [6, 6.07) is 9.45. The molecule has 4 nitrogen and oxygen atoms in total. The molecule has 1 N–H and O–H groups in total. The van der Waals surface area contributed by atoms with E-state index in [9.17, 15) is 18.3 Å². The van der Waals surface area contributed by atoms with E-state index in [0.717, 1.165) is 11.6 Å². The molecule has 2 aromatic carbocycles. The quantitative estimate of drug-likeness (QED) is 0.513. The summed E-state index contributed by atoms with van der Waals surface area (Å²) in [6.07, 6.45) is -1.12. The number of nitrogens with zero attached hydrogens (tertiary/aromatic N) is 3. The molecule has 154 valence electrons. The molecule has 1 aromatic heterocycles. The molecule has 0 bridgehead atoms. The minimum Gasteiger partial charge on any atom is -0.492 e. The summed E-state index contributed by atoms with van der Waals surface area (Å²) in [7, 11) is 0. The number of aromatic hydroxyl groups is 1. The third-order valence-electron chi connectivity index (χ3n) is 4.52. The molecule has 0 aliphatic carbocycles. The first kappa shape index (κ1) is 21.1. The molecule has 0 saturated heterocycles. The molecule has 0 unspecified atom stereocenters. The number of rotatable bonds is 4. The number of hydrogen-bond acceptors (Lipinski definition) is 6. The first-order valence-electron chi connectivity index (χ1n) is 8.60. The highest BCUT2D eigenvalue weighted by atomic mass is 79.9. The van der Waals surface area contributed by atoms with Crippen LogP contribution >= 0.6 is 39.0 Å². The van der Waals surface area contributed by atoms with E-state index >= 15 is 0 Å². The topological polar surface area (TPSA) is 57.8 Å². The van der Waals surface area contributed by atoms with Crippen molar-refractivity contribution in [3.63, 3.8) is 0 Å². The third-order valence-corrected chi connectivity index (χ3v) is 7.10. The molecule has 0 fully saturated rings. The average Bonchev–Trinajstić information content (AvgIpc) is 3.32. The van der Waals surface area contributed by atoms with Crippen LogP contribution in [0.15, 0.2) is 55.4 Å². The van der Waals surface area contributed by atoms with Crippen molar-refractivity contribution in [1.29, 1.82) is 0 Å². The van der Waals surface area contributed by atoms with Gasteiger partial charge in [0.15, 0.2) is 4.34 Å². The third kappa shape index (κ3) is 4.17. The first-order valence-corrected chi connectivity index (χ1v) is 11.4. The minimum absolute atomic E-state index is 0.0290. The van der Waals surface area contributed by atoms with E-state index in [2.05, 4.69) is 31.1 Å². The Hall–Kier alpha value is -2.17. The van der Waals surface area contributed by atoms with Gasteiger partial charge in [-0.05, 0) is 46.9 Å². The van der Waals surface area contributed by atoms with Crippen molar-refractivity contribution in [3.8, 4) is 5.88 Å². The molecule has 30 heavy (non-hydrogen) atoms. The molecule has 2 heterocycles. The van der Waals surface area contributed by atoms with Crippen molar-refractivity contribution in [2.45, 2.75) is 16.9 Å². The molecule has 0 radical (unpaired) electrons. The summed E-state index contributed by atoms with van der Waals surface area (Å²) in [5.41, 5.74) is 0.714. The van der Waals surface area contributed by atoms with Crippen LogP contribution in [0.2, 0.25) is 0 Å². The van der Waals surface area contributed by atoms with E-state index in [-0.39, 0.29) is 17.9 Å². The Morgan fingerprint density at radius 3 is 2.70 bits per heavy atom. The van der Waals surface area contributed by atoms with Crippen molar-refractivity contribution in [2.24, 2.45) is 10.2 Å². The fraction of sp³-hybridized carbons (Fsp3) is 0.150. The predicted molar refractivity (Wildman–Crippen MR) is 116 cm³/mol. The normalized spacial score (nSPS) is 13.9. The van der Waals surface area contributed by atoms with Gasteiger partial charge in [-0.25, -0.2) is 0 Å². The van der Waals surface area contributed by atoms with Gasteiger partial charge in [0.1, 0.15) is 0 Å². The van der Waals surface area contributed by atoms with Gasteiger partial charge in [0.2, 0.25) is 5.88 Å². The summed E-state index contributed by atoms with van der Waals surface area (Å²) >= 11 is 5.73. The lowest BCUT2D eigenvalue weighted by atomic mass is 9.96. The lowest BCUT2D eigenvalue weighted by Gasteiger charge is -2.15. The molecule has 0 saturated carbocycles. The number of aromatic nitrogens is 1. The Balaban J connectivity index is 1.95. The number of fused-ring (bicyclic) bond motifs is 1. The van der Waals surface area contributed by atoms with E-state index in [1.54, 1.807) is 24.4 Å². The summed E-state index contributed by atoms with van der Waals surface area (Å²) in [4.78, 5) is 4.56. The van der Waals surface area contributed by atoms with E-state index in [1.165, 1.54) is 29.2 Å². The summed E-state index contributed by atoms with van der Waals surface area (Å²) in [6.45, 7) is 0. The SMILES string of the molecule is CSc1nc(O)c(C(Cc2ccc(Br)cc2C(F)(F)F)=c2ccc3c(c2)C=NN=3)s1. The second-order valence-electron chi connectivity index (χ2n) is 6.41. The Morgan fingerprint density at radius 1 is 1.20 bits per heavy atom. The minimum atomic E-state index is -4.51. The van der Waals surface area contributed by atoms with Gasteiger partial charge in [-0.2, -0.15) is 28.4 Å². The largest absolute Gasteiger partial charge is 0.492 e. The number of halogens is 4. The number of benzene rings is 2. The fourth-order valence-corrected chi connectivity index (χ4v) is 5.02. The zero-order chi connectivity index (χ0) is 21.5. The Labute approximate surface area is 186 Å². The maximum Gasteiger partial charge on any atom is 0.416 e. The summed E-state index contributed by atoms with van der Waals surface area (Å²) < 4.78 is 42.0. The van der Waals surface area contributed by atoms with Crippen LogP contribution in [0.4, 0.5) is 13.2 Å². The van der Waals surface area contributed by atoms with Gasteiger partial charge in [0, 0.05) is 16.5 Å². The predicted octanol–water partition coefficient (Wildman–Crippen LogP) is 4.76. The van der Waals surface area contributed by atoms with Crippen LogP contribution in [0.3, 0.4) is 0 Å². The molecular weight excluding hydrogens is 499 g/mol. The fourth-order valence-electron chi connectivity index (χ4n) is 3.14. The van der Waals surface area contributed by atoms with E-state index in [1.807, 2.05) is 12.3 Å².